The van der Waals surface area contributed by atoms with Gasteiger partial charge >= 0.3 is 5.97 Å². The Morgan fingerprint density at radius 3 is 2.58 bits per heavy atom. The molecule has 6 heteroatoms. The van der Waals surface area contributed by atoms with Gasteiger partial charge in [-0.2, -0.15) is 5.26 Å². The summed E-state index contributed by atoms with van der Waals surface area (Å²) in [5.74, 6) is -0.480. The van der Waals surface area contributed by atoms with E-state index in [1.165, 1.54) is 7.11 Å². The Balaban J connectivity index is 1.89. The van der Waals surface area contributed by atoms with Crippen LogP contribution in [0.15, 0.2) is 60.8 Å². The lowest BCUT2D eigenvalue weighted by Gasteiger charge is -2.14. The van der Waals surface area contributed by atoms with E-state index in [0.29, 0.717) is 34.4 Å². The number of aldehydes is 1. The van der Waals surface area contributed by atoms with Gasteiger partial charge in [0.05, 0.1) is 24.3 Å². The van der Waals surface area contributed by atoms with Gasteiger partial charge in [-0.3, -0.25) is 4.79 Å². The molecule has 0 fully saturated rings. The number of ether oxygens (including phenoxy) is 1. The summed E-state index contributed by atoms with van der Waals surface area (Å²) < 4.78 is 7.34. The second kappa shape index (κ2) is 9.01. The number of carboxylic acid groups (broad SMARTS) is 1. The van der Waals surface area contributed by atoms with Crippen LogP contribution in [0.3, 0.4) is 0 Å². The van der Waals surface area contributed by atoms with Crippen LogP contribution in [0.2, 0.25) is 0 Å². The number of carbonyl (C=O) groups is 2. The number of methoxy groups -OCH3 is 1. The Hall–Kier alpha value is -4.37. The quantitative estimate of drug-likeness (QED) is 0.395. The maximum Gasteiger partial charge on any atom is 0.335 e. The highest BCUT2D eigenvalue weighted by Gasteiger charge is 2.17. The minimum Gasteiger partial charge on any atom is -0.497 e. The van der Waals surface area contributed by atoms with E-state index in [4.69, 9.17) is 4.74 Å². The smallest absolute Gasteiger partial charge is 0.335 e. The molecule has 164 valence electrons. The number of carboxylic acids is 1. The third-order valence-electron chi connectivity index (χ3n) is 5.85. The summed E-state index contributed by atoms with van der Waals surface area (Å²) in [6.07, 6.45) is 3.35. The van der Waals surface area contributed by atoms with Gasteiger partial charge in [-0.15, -0.1) is 0 Å². The van der Waals surface area contributed by atoms with Crippen molar-refractivity contribution in [2.24, 2.45) is 0 Å². The summed E-state index contributed by atoms with van der Waals surface area (Å²) in [5, 5.41) is 19.9. The standard InChI is InChI=1S/C27H22N2O4/c1-3-29-15-20(24-8-4-17(14-28)10-26(24)29)11-18-5-6-19(27(31)32)13-25(18)23-9-7-22(33-2)12-21(23)16-30/h4-10,12-13,15-16H,3,11H2,1-2H3,(H,31,32). The van der Waals surface area contributed by atoms with Crippen molar-refractivity contribution in [1.82, 2.24) is 4.57 Å². The lowest BCUT2D eigenvalue weighted by Crippen LogP contribution is -2.01. The van der Waals surface area contributed by atoms with Crippen LogP contribution in [-0.4, -0.2) is 29.0 Å². The molecule has 0 aliphatic carbocycles. The van der Waals surface area contributed by atoms with Crippen molar-refractivity contribution >= 4 is 23.2 Å². The highest BCUT2D eigenvalue weighted by molar-refractivity contribution is 5.94. The predicted octanol–water partition coefficient (Wildman–Crippen LogP) is 5.31. The molecule has 0 atom stereocenters. The van der Waals surface area contributed by atoms with Gasteiger partial charge in [0.2, 0.25) is 0 Å². The average molecular weight is 438 g/mol. The van der Waals surface area contributed by atoms with Crippen molar-refractivity contribution in [1.29, 1.82) is 5.26 Å². The van der Waals surface area contributed by atoms with E-state index in [9.17, 15) is 20.0 Å². The van der Waals surface area contributed by atoms with Crippen molar-refractivity contribution < 1.29 is 19.4 Å². The largest absolute Gasteiger partial charge is 0.497 e. The number of hydrogen-bond donors (Lipinski definition) is 1. The molecule has 0 spiro atoms. The maximum absolute atomic E-state index is 11.8. The van der Waals surface area contributed by atoms with Gasteiger partial charge in [-0.1, -0.05) is 12.1 Å². The number of nitriles is 1. The fourth-order valence-corrected chi connectivity index (χ4v) is 4.17. The molecule has 1 aromatic heterocycles. The van der Waals surface area contributed by atoms with Crippen LogP contribution >= 0.6 is 0 Å². The summed E-state index contributed by atoms with van der Waals surface area (Å²) in [5.41, 5.74) is 5.44. The van der Waals surface area contributed by atoms with Crippen LogP contribution in [0.25, 0.3) is 22.0 Å². The van der Waals surface area contributed by atoms with Crippen LogP contribution in [-0.2, 0) is 13.0 Å². The molecule has 0 unspecified atom stereocenters. The summed E-state index contributed by atoms with van der Waals surface area (Å²) in [6, 6.07) is 18.0. The Morgan fingerprint density at radius 2 is 1.91 bits per heavy atom. The molecule has 0 radical (unpaired) electrons. The zero-order valence-corrected chi connectivity index (χ0v) is 18.3. The van der Waals surface area contributed by atoms with E-state index in [-0.39, 0.29) is 5.56 Å². The Morgan fingerprint density at radius 1 is 1.09 bits per heavy atom. The van der Waals surface area contributed by atoms with Gasteiger partial charge in [-0.25, -0.2) is 4.79 Å². The molecule has 4 aromatic rings. The van der Waals surface area contributed by atoms with Crippen molar-refractivity contribution in [3.63, 3.8) is 0 Å². The first kappa shape index (κ1) is 21.8. The number of benzene rings is 3. The molecule has 0 bridgehead atoms. The lowest BCUT2D eigenvalue weighted by molar-refractivity contribution is 0.0696. The fraction of sp³-hybridized carbons (Fsp3) is 0.148. The first-order valence-electron chi connectivity index (χ1n) is 10.5. The topological polar surface area (TPSA) is 92.3 Å². The molecule has 0 saturated carbocycles. The SMILES string of the molecule is CCn1cc(Cc2ccc(C(=O)O)cc2-c2ccc(OC)cc2C=O)c2ccc(C#N)cc21. The number of aromatic carboxylic acids is 1. The molecule has 1 heterocycles. The fourth-order valence-electron chi connectivity index (χ4n) is 4.17. The van der Waals surface area contributed by atoms with Crippen LogP contribution in [0, 0.1) is 11.3 Å². The molecule has 0 aliphatic rings. The van der Waals surface area contributed by atoms with Crippen LogP contribution in [0.4, 0.5) is 0 Å². The second-order valence-electron chi connectivity index (χ2n) is 7.71. The normalized spacial score (nSPS) is 10.7. The number of rotatable bonds is 7. The van der Waals surface area contributed by atoms with Gasteiger partial charge in [0.15, 0.2) is 6.29 Å². The second-order valence-corrected chi connectivity index (χ2v) is 7.71. The zero-order chi connectivity index (χ0) is 23.5. The first-order chi connectivity index (χ1) is 16.0. The number of hydrogen-bond acceptors (Lipinski definition) is 4. The van der Waals surface area contributed by atoms with E-state index in [2.05, 4.69) is 16.8 Å². The molecule has 0 saturated heterocycles. The molecule has 1 N–H and O–H groups in total. The van der Waals surface area contributed by atoms with Crippen molar-refractivity contribution in [3.8, 4) is 22.9 Å². The van der Waals surface area contributed by atoms with E-state index < -0.39 is 5.97 Å². The third-order valence-corrected chi connectivity index (χ3v) is 5.85. The number of carbonyl (C=O) groups excluding carboxylic acids is 1. The van der Waals surface area contributed by atoms with Crippen LogP contribution in [0.5, 0.6) is 5.75 Å². The molecular weight excluding hydrogens is 416 g/mol. The van der Waals surface area contributed by atoms with E-state index >= 15 is 0 Å². The van der Waals surface area contributed by atoms with Crippen LogP contribution < -0.4 is 4.74 Å². The Labute approximate surface area is 191 Å². The first-order valence-corrected chi connectivity index (χ1v) is 10.5. The molecular formula is C27H22N2O4. The number of aromatic nitrogens is 1. The highest BCUT2D eigenvalue weighted by Crippen LogP contribution is 2.33. The van der Waals surface area contributed by atoms with Crippen molar-refractivity contribution in [2.75, 3.05) is 7.11 Å². The van der Waals surface area contributed by atoms with Gasteiger partial charge in [0, 0.05) is 35.6 Å². The van der Waals surface area contributed by atoms with E-state index in [1.54, 1.807) is 42.5 Å². The molecule has 4 rings (SSSR count). The molecule has 0 amide bonds. The summed E-state index contributed by atoms with van der Waals surface area (Å²) in [6.45, 7) is 2.80. The number of nitrogens with zero attached hydrogens (tertiary/aromatic N) is 2. The third kappa shape index (κ3) is 4.09. The summed E-state index contributed by atoms with van der Waals surface area (Å²) >= 11 is 0. The summed E-state index contributed by atoms with van der Waals surface area (Å²) in [7, 11) is 1.53. The van der Waals surface area contributed by atoms with Crippen molar-refractivity contribution in [3.05, 3.63) is 88.6 Å². The Bertz CT molecular complexity index is 1430. The summed E-state index contributed by atoms with van der Waals surface area (Å²) in [4.78, 5) is 23.5. The minimum absolute atomic E-state index is 0.149. The number of aryl methyl sites for hydroxylation is 1. The van der Waals surface area contributed by atoms with E-state index in [1.807, 2.05) is 19.1 Å². The van der Waals surface area contributed by atoms with Gasteiger partial charge in [-0.05, 0) is 71.6 Å². The molecule has 3 aromatic carbocycles. The van der Waals surface area contributed by atoms with Gasteiger partial charge in [0.25, 0.3) is 0 Å². The monoisotopic (exact) mass is 438 g/mol. The van der Waals surface area contributed by atoms with E-state index in [0.717, 1.165) is 34.9 Å². The molecule has 0 aliphatic heterocycles. The number of fused-ring (bicyclic) bond motifs is 1. The maximum atomic E-state index is 11.8. The van der Waals surface area contributed by atoms with Crippen molar-refractivity contribution in [2.45, 2.75) is 19.9 Å². The Kier molecular flexibility index (Phi) is 5.97. The highest BCUT2D eigenvalue weighted by atomic mass is 16.5. The molecule has 33 heavy (non-hydrogen) atoms. The predicted molar refractivity (Wildman–Crippen MR) is 126 cm³/mol. The van der Waals surface area contributed by atoms with Gasteiger partial charge in [0.1, 0.15) is 5.75 Å². The lowest BCUT2D eigenvalue weighted by atomic mass is 9.90. The van der Waals surface area contributed by atoms with Crippen LogP contribution in [0.1, 0.15) is 44.3 Å². The van der Waals surface area contributed by atoms with Gasteiger partial charge < -0.3 is 14.4 Å². The zero-order valence-electron chi connectivity index (χ0n) is 18.3. The molecule has 6 nitrogen and oxygen atoms in total. The average Bonchev–Trinajstić information content (AvgIpc) is 3.20. The minimum atomic E-state index is -1.03.